The van der Waals surface area contributed by atoms with Crippen molar-refractivity contribution in [1.29, 1.82) is 0 Å². The zero-order valence-corrected chi connectivity index (χ0v) is 14.9. The van der Waals surface area contributed by atoms with E-state index in [4.69, 9.17) is 16.3 Å². The number of piperidine rings is 1. The lowest BCUT2D eigenvalue weighted by Crippen LogP contribution is -2.58. The Labute approximate surface area is 148 Å². The van der Waals surface area contributed by atoms with Gasteiger partial charge >= 0.3 is 0 Å². The van der Waals surface area contributed by atoms with Crippen LogP contribution in [0.1, 0.15) is 18.4 Å². The summed E-state index contributed by atoms with van der Waals surface area (Å²) < 4.78 is 5.41. The van der Waals surface area contributed by atoms with Gasteiger partial charge in [0.1, 0.15) is 6.10 Å². The Bertz CT molecular complexity index is 520. The van der Waals surface area contributed by atoms with Crippen LogP contribution in [0.25, 0.3) is 0 Å². The van der Waals surface area contributed by atoms with Crippen molar-refractivity contribution < 1.29 is 14.9 Å². The number of rotatable bonds is 4. The van der Waals surface area contributed by atoms with Gasteiger partial charge in [0.05, 0.1) is 25.4 Å². The third-order valence-electron chi connectivity index (χ3n) is 5.34. The van der Waals surface area contributed by atoms with Crippen molar-refractivity contribution in [2.45, 2.75) is 43.7 Å². The first-order valence-corrected chi connectivity index (χ1v) is 9.05. The predicted molar refractivity (Wildman–Crippen MR) is 94.1 cm³/mol. The number of ether oxygens (including phenoxy) is 1. The van der Waals surface area contributed by atoms with Crippen molar-refractivity contribution in [2.75, 3.05) is 33.4 Å². The van der Waals surface area contributed by atoms with E-state index >= 15 is 0 Å². The summed E-state index contributed by atoms with van der Waals surface area (Å²) in [6, 6.07) is 8.33. The molecule has 2 fully saturated rings. The summed E-state index contributed by atoms with van der Waals surface area (Å²) in [5, 5.41) is 20.8. The molecule has 0 spiro atoms. The lowest BCUT2D eigenvalue weighted by Gasteiger charge is -2.44. The van der Waals surface area contributed by atoms with Gasteiger partial charge in [0.15, 0.2) is 0 Å². The summed E-state index contributed by atoms with van der Waals surface area (Å²) in [5.74, 6) is 0. The Kier molecular flexibility index (Phi) is 6.13. The molecule has 0 saturated carbocycles. The van der Waals surface area contributed by atoms with Gasteiger partial charge in [0, 0.05) is 17.6 Å². The van der Waals surface area contributed by atoms with E-state index in [0.29, 0.717) is 12.6 Å². The van der Waals surface area contributed by atoms with Gasteiger partial charge in [-0.25, -0.2) is 0 Å². The molecule has 6 heteroatoms. The Morgan fingerprint density at radius 1 is 1.17 bits per heavy atom. The second kappa shape index (κ2) is 8.13. The number of hydrogen-bond acceptors (Lipinski definition) is 5. The average molecular weight is 355 g/mol. The summed E-state index contributed by atoms with van der Waals surface area (Å²) in [6.45, 7) is 3.72. The molecule has 0 aromatic heterocycles. The maximum Gasteiger partial charge on any atom is 0.105 e. The highest BCUT2D eigenvalue weighted by molar-refractivity contribution is 6.30. The molecule has 3 rings (SSSR count). The highest BCUT2D eigenvalue weighted by Gasteiger charge is 2.37. The minimum absolute atomic E-state index is 0.124. The molecule has 0 unspecified atom stereocenters. The molecule has 1 aromatic carbocycles. The van der Waals surface area contributed by atoms with Crippen LogP contribution < -0.4 is 0 Å². The fourth-order valence-electron chi connectivity index (χ4n) is 3.73. The third-order valence-corrected chi connectivity index (χ3v) is 5.59. The molecule has 24 heavy (non-hydrogen) atoms. The molecule has 0 radical (unpaired) electrons. The minimum Gasteiger partial charge on any atom is -0.389 e. The van der Waals surface area contributed by atoms with Crippen molar-refractivity contribution in [3.05, 3.63) is 34.9 Å². The monoisotopic (exact) mass is 354 g/mol. The maximum absolute atomic E-state index is 10.2. The lowest BCUT2D eigenvalue weighted by atomic mass is 9.97. The normalized spacial score (nSPS) is 30.0. The molecule has 134 valence electrons. The second-order valence-electron chi connectivity index (χ2n) is 6.96. The maximum atomic E-state index is 10.2. The summed E-state index contributed by atoms with van der Waals surface area (Å²) in [6.07, 6.45) is 0.610. The molecule has 2 aliphatic rings. The summed E-state index contributed by atoms with van der Waals surface area (Å²) in [4.78, 5) is 4.66. The summed E-state index contributed by atoms with van der Waals surface area (Å²) in [7, 11) is 2.04. The van der Waals surface area contributed by atoms with E-state index in [-0.39, 0.29) is 12.6 Å². The van der Waals surface area contributed by atoms with E-state index in [2.05, 4.69) is 21.9 Å². The molecule has 2 saturated heterocycles. The Morgan fingerprint density at radius 2 is 1.83 bits per heavy atom. The van der Waals surface area contributed by atoms with Crippen molar-refractivity contribution in [1.82, 2.24) is 9.80 Å². The summed E-state index contributed by atoms with van der Waals surface area (Å²) in [5.41, 5.74) is 1.28. The van der Waals surface area contributed by atoms with Gasteiger partial charge in [-0.3, -0.25) is 9.80 Å². The van der Waals surface area contributed by atoms with Gasteiger partial charge in [-0.1, -0.05) is 23.7 Å². The first kappa shape index (κ1) is 18.1. The molecule has 2 N–H and O–H groups in total. The average Bonchev–Trinajstić information content (AvgIpc) is 2.59. The fraction of sp³-hybridized carbons (Fsp3) is 0.667. The number of aliphatic hydroxyl groups excluding tert-OH is 2. The lowest BCUT2D eigenvalue weighted by molar-refractivity contribution is -0.137. The van der Waals surface area contributed by atoms with E-state index in [1.807, 2.05) is 19.2 Å². The highest BCUT2D eigenvalue weighted by Crippen LogP contribution is 2.23. The molecule has 2 aliphatic heterocycles. The first-order valence-electron chi connectivity index (χ1n) is 8.67. The number of nitrogens with zero attached hydrogens (tertiary/aromatic N) is 2. The number of benzene rings is 1. The Balaban J connectivity index is 1.50. The Morgan fingerprint density at radius 3 is 2.50 bits per heavy atom. The zero-order chi connectivity index (χ0) is 17.1. The smallest absolute Gasteiger partial charge is 0.105 e. The first-order chi connectivity index (χ1) is 11.5. The van der Waals surface area contributed by atoms with Crippen LogP contribution in [0.2, 0.25) is 5.02 Å². The van der Waals surface area contributed by atoms with Gasteiger partial charge in [-0.05, 0) is 50.7 Å². The molecule has 1 aromatic rings. The van der Waals surface area contributed by atoms with Crippen molar-refractivity contribution in [3.63, 3.8) is 0 Å². The molecule has 0 aliphatic carbocycles. The standard InChI is InChI=1S/C18H27ClN2O3/c1-20(16-11-24-12-17(22)18(16)23)15-6-8-21(9-7-15)10-13-2-4-14(19)5-3-13/h2-5,15-18,22-23H,6-12H2,1H3/t16-,17-,18+/m1/s1. The van der Waals surface area contributed by atoms with Crippen molar-refractivity contribution in [2.24, 2.45) is 0 Å². The highest BCUT2D eigenvalue weighted by atomic mass is 35.5. The molecule has 0 bridgehead atoms. The minimum atomic E-state index is -0.781. The number of halogens is 1. The number of likely N-dealkylation sites (N-methyl/N-ethyl adjacent to an activating group) is 1. The van der Waals surface area contributed by atoms with E-state index in [1.54, 1.807) is 0 Å². The quantitative estimate of drug-likeness (QED) is 0.855. The van der Waals surface area contributed by atoms with Crippen LogP contribution in [-0.2, 0) is 11.3 Å². The molecule has 0 amide bonds. The van der Waals surface area contributed by atoms with E-state index in [1.165, 1.54) is 5.56 Å². The SMILES string of the molecule is CN(C1CCN(Cc2ccc(Cl)cc2)CC1)[C@@H]1COC[C@@H](O)[C@H]1O. The van der Waals surface area contributed by atoms with Crippen LogP contribution in [0, 0.1) is 0 Å². The van der Waals surface area contributed by atoms with Gasteiger partial charge in [0.25, 0.3) is 0 Å². The molecular formula is C18H27ClN2O3. The van der Waals surface area contributed by atoms with Gasteiger partial charge < -0.3 is 14.9 Å². The van der Waals surface area contributed by atoms with Gasteiger partial charge in [-0.2, -0.15) is 0 Å². The molecule has 5 nitrogen and oxygen atoms in total. The van der Waals surface area contributed by atoms with Crippen molar-refractivity contribution in [3.8, 4) is 0 Å². The van der Waals surface area contributed by atoms with Crippen LogP contribution in [0.15, 0.2) is 24.3 Å². The number of hydrogen-bond donors (Lipinski definition) is 2. The molecule has 2 heterocycles. The van der Waals surface area contributed by atoms with Crippen LogP contribution in [-0.4, -0.2) is 77.7 Å². The Hall–Kier alpha value is -0.690. The number of aliphatic hydroxyl groups is 2. The molecule has 3 atom stereocenters. The van der Waals surface area contributed by atoms with Crippen LogP contribution in [0.4, 0.5) is 0 Å². The predicted octanol–water partition coefficient (Wildman–Crippen LogP) is 1.36. The topological polar surface area (TPSA) is 56.2 Å². The summed E-state index contributed by atoms with van der Waals surface area (Å²) >= 11 is 5.94. The van der Waals surface area contributed by atoms with E-state index in [9.17, 15) is 10.2 Å². The van der Waals surface area contributed by atoms with E-state index in [0.717, 1.165) is 37.5 Å². The largest absolute Gasteiger partial charge is 0.389 e. The van der Waals surface area contributed by atoms with Crippen LogP contribution in [0.5, 0.6) is 0 Å². The van der Waals surface area contributed by atoms with Crippen molar-refractivity contribution >= 4 is 11.6 Å². The van der Waals surface area contributed by atoms with Gasteiger partial charge in [0.2, 0.25) is 0 Å². The third kappa shape index (κ3) is 4.28. The second-order valence-corrected chi connectivity index (χ2v) is 7.40. The van der Waals surface area contributed by atoms with Gasteiger partial charge in [-0.15, -0.1) is 0 Å². The van der Waals surface area contributed by atoms with E-state index < -0.39 is 12.2 Å². The number of likely N-dealkylation sites (tertiary alicyclic amines) is 1. The molecular weight excluding hydrogens is 328 g/mol. The fourth-order valence-corrected chi connectivity index (χ4v) is 3.85. The van der Waals surface area contributed by atoms with Crippen LogP contribution in [0.3, 0.4) is 0 Å². The zero-order valence-electron chi connectivity index (χ0n) is 14.1. The van der Waals surface area contributed by atoms with Crippen LogP contribution >= 0.6 is 11.6 Å².